The predicted molar refractivity (Wildman–Crippen MR) is 120 cm³/mol. The fourth-order valence-electron chi connectivity index (χ4n) is 4.27. The topological polar surface area (TPSA) is 55.8 Å². The van der Waals surface area contributed by atoms with E-state index in [2.05, 4.69) is 13.8 Å². The van der Waals surface area contributed by atoms with Gasteiger partial charge in [0, 0.05) is 36.5 Å². The molecule has 2 aliphatic rings. The normalized spacial score (nSPS) is 17.5. The Kier molecular flexibility index (Phi) is 5.98. The quantitative estimate of drug-likeness (QED) is 0.644. The molecular weight excluding hydrogens is 414 g/mol. The van der Waals surface area contributed by atoms with Crippen LogP contribution in [-0.2, 0) is 0 Å². The highest BCUT2D eigenvalue weighted by Crippen LogP contribution is 2.42. The molecule has 164 valence electrons. The van der Waals surface area contributed by atoms with Crippen molar-refractivity contribution >= 4 is 23.3 Å². The molecule has 6 heteroatoms. The van der Waals surface area contributed by atoms with Gasteiger partial charge in [0.05, 0.1) is 18.6 Å². The number of Topliss-reactive ketones (excluding diaryl/α,β-unsaturated/α-hetero) is 1. The lowest BCUT2D eigenvalue weighted by Gasteiger charge is -2.44. The number of carbonyl (C=O) groups excluding carboxylic acids is 2. The van der Waals surface area contributed by atoms with Gasteiger partial charge < -0.3 is 14.4 Å². The molecule has 0 unspecified atom stereocenters. The number of hydrogen-bond acceptors (Lipinski definition) is 4. The number of hydrogen-bond donors (Lipinski definition) is 0. The van der Waals surface area contributed by atoms with Crippen molar-refractivity contribution in [2.75, 3.05) is 19.7 Å². The molecule has 1 amide bonds. The van der Waals surface area contributed by atoms with Crippen LogP contribution in [0.4, 0.5) is 0 Å². The molecule has 0 radical (unpaired) electrons. The fraction of sp³-hybridized carbons (Fsp3) is 0.440. The smallest absolute Gasteiger partial charge is 0.253 e. The third kappa shape index (κ3) is 4.57. The molecule has 0 bridgehead atoms. The predicted octanol–water partition coefficient (Wildman–Crippen LogP) is 5.32. The standard InChI is InChI=1S/C25H28ClNO4/c1-16(2)15-30-20-6-4-5-18(12-20)24(29)27-9-7-25(8-10-27)14-22(28)21-13-19(26)11-17(3)23(21)31-25/h4-6,11-13,16H,7-10,14-15H2,1-3H3. The van der Waals surface area contributed by atoms with E-state index in [0.717, 1.165) is 5.56 Å². The van der Waals surface area contributed by atoms with Crippen LogP contribution in [0.15, 0.2) is 36.4 Å². The SMILES string of the molecule is Cc1cc(Cl)cc2c1OC1(CCN(C(=O)c3cccc(OCC(C)C)c3)CC1)CC2=O. The first-order valence-corrected chi connectivity index (χ1v) is 11.2. The molecule has 2 aromatic rings. The number of ketones is 1. The van der Waals surface area contributed by atoms with Crippen molar-refractivity contribution < 1.29 is 19.1 Å². The maximum Gasteiger partial charge on any atom is 0.253 e. The Balaban J connectivity index is 1.45. The lowest BCUT2D eigenvalue weighted by molar-refractivity contribution is -0.00618. The van der Waals surface area contributed by atoms with E-state index in [0.29, 0.717) is 72.5 Å². The zero-order valence-electron chi connectivity index (χ0n) is 18.2. The van der Waals surface area contributed by atoms with E-state index in [-0.39, 0.29) is 11.7 Å². The number of nitrogens with zero attached hydrogens (tertiary/aromatic N) is 1. The molecule has 1 saturated heterocycles. The van der Waals surface area contributed by atoms with Crippen LogP contribution in [0.1, 0.15) is 59.4 Å². The number of amides is 1. The highest BCUT2D eigenvalue weighted by molar-refractivity contribution is 6.31. The number of fused-ring (bicyclic) bond motifs is 1. The molecule has 0 saturated carbocycles. The maximum atomic E-state index is 13.1. The van der Waals surface area contributed by atoms with Gasteiger partial charge in [0.1, 0.15) is 17.1 Å². The first-order valence-electron chi connectivity index (χ1n) is 10.8. The van der Waals surface area contributed by atoms with E-state index in [1.54, 1.807) is 12.1 Å². The van der Waals surface area contributed by atoms with Gasteiger partial charge in [-0.2, -0.15) is 0 Å². The Bertz CT molecular complexity index is 1010. The lowest BCUT2D eigenvalue weighted by Crippen LogP contribution is -2.52. The van der Waals surface area contributed by atoms with Gasteiger partial charge in [-0.15, -0.1) is 0 Å². The first-order chi connectivity index (χ1) is 14.8. The van der Waals surface area contributed by atoms with Gasteiger partial charge in [-0.3, -0.25) is 9.59 Å². The first kappa shape index (κ1) is 21.7. The summed E-state index contributed by atoms with van der Waals surface area (Å²) >= 11 is 6.12. The van der Waals surface area contributed by atoms with Gasteiger partial charge >= 0.3 is 0 Å². The van der Waals surface area contributed by atoms with E-state index < -0.39 is 5.60 Å². The van der Waals surface area contributed by atoms with Crippen molar-refractivity contribution in [2.45, 2.75) is 45.6 Å². The Morgan fingerprint density at radius 2 is 1.97 bits per heavy atom. The number of piperidine rings is 1. The molecule has 2 aliphatic heterocycles. The zero-order chi connectivity index (χ0) is 22.2. The maximum absolute atomic E-state index is 13.1. The summed E-state index contributed by atoms with van der Waals surface area (Å²) in [5.74, 6) is 1.80. The number of halogens is 1. The van der Waals surface area contributed by atoms with Crippen molar-refractivity contribution in [2.24, 2.45) is 5.92 Å². The number of benzene rings is 2. The van der Waals surface area contributed by atoms with Gasteiger partial charge in [0.15, 0.2) is 5.78 Å². The number of carbonyl (C=O) groups is 2. The number of aryl methyl sites for hydroxylation is 1. The van der Waals surface area contributed by atoms with E-state index >= 15 is 0 Å². The average molecular weight is 442 g/mol. The molecule has 2 aromatic carbocycles. The fourth-order valence-corrected chi connectivity index (χ4v) is 4.55. The average Bonchev–Trinajstić information content (AvgIpc) is 2.74. The molecule has 0 aliphatic carbocycles. The van der Waals surface area contributed by atoms with Crippen LogP contribution in [0.2, 0.25) is 5.02 Å². The van der Waals surface area contributed by atoms with Crippen molar-refractivity contribution in [1.29, 1.82) is 0 Å². The highest BCUT2D eigenvalue weighted by atomic mass is 35.5. The largest absolute Gasteiger partial charge is 0.493 e. The molecule has 0 aromatic heterocycles. The van der Waals surface area contributed by atoms with Crippen LogP contribution in [0.3, 0.4) is 0 Å². The summed E-state index contributed by atoms with van der Waals surface area (Å²) in [6.07, 6.45) is 1.56. The minimum absolute atomic E-state index is 0.0182. The molecule has 5 nitrogen and oxygen atoms in total. The summed E-state index contributed by atoms with van der Waals surface area (Å²) in [5, 5.41) is 0.546. The van der Waals surface area contributed by atoms with E-state index in [1.807, 2.05) is 36.1 Å². The second-order valence-corrected chi connectivity index (χ2v) is 9.45. The number of rotatable bonds is 4. The van der Waals surface area contributed by atoms with E-state index in [9.17, 15) is 9.59 Å². The van der Waals surface area contributed by atoms with Crippen LogP contribution >= 0.6 is 11.6 Å². The van der Waals surface area contributed by atoms with Gasteiger partial charge in [-0.25, -0.2) is 0 Å². The molecule has 2 heterocycles. The Morgan fingerprint density at radius 1 is 1.23 bits per heavy atom. The highest BCUT2D eigenvalue weighted by Gasteiger charge is 2.44. The monoisotopic (exact) mass is 441 g/mol. The Morgan fingerprint density at radius 3 is 2.68 bits per heavy atom. The van der Waals surface area contributed by atoms with E-state index in [1.165, 1.54) is 0 Å². The van der Waals surface area contributed by atoms with Crippen LogP contribution < -0.4 is 9.47 Å². The second kappa shape index (κ2) is 8.54. The Hall–Kier alpha value is -2.53. The molecular formula is C25H28ClNO4. The van der Waals surface area contributed by atoms with Crippen LogP contribution in [0, 0.1) is 12.8 Å². The van der Waals surface area contributed by atoms with Gasteiger partial charge in [-0.1, -0.05) is 31.5 Å². The minimum Gasteiger partial charge on any atom is -0.493 e. The third-order valence-corrected chi connectivity index (χ3v) is 6.19. The molecule has 1 fully saturated rings. The summed E-state index contributed by atoms with van der Waals surface area (Å²) in [6.45, 7) is 7.79. The van der Waals surface area contributed by atoms with Gasteiger partial charge in [-0.05, 0) is 48.7 Å². The Labute approximate surface area is 188 Å². The van der Waals surface area contributed by atoms with Gasteiger partial charge in [0.25, 0.3) is 5.91 Å². The van der Waals surface area contributed by atoms with Crippen LogP contribution in [0.5, 0.6) is 11.5 Å². The molecule has 31 heavy (non-hydrogen) atoms. The summed E-state index contributed by atoms with van der Waals surface area (Å²) in [5.41, 5.74) is 1.49. The molecule has 0 atom stereocenters. The minimum atomic E-state index is -0.554. The van der Waals surface area contributed by atoms with Crippen molar-refractivity contribution in [3.05, 3.63) is 58.1 Å². The van der Waals surface area contributed by atoms with Crippen LogP contribution in [-0.4, -0.2) is 41.9 Å². The lowest BCUT2D eigenvalue weighted by atomic mass is 9.82. The van der Waals surface area contributed by atoms with Crippen LogP contribution in [0.25, 0.3) is 0 Å². The molecule has 1 spiro atoms. The van der Waals surface area contributed by atoms with Crippen molar-refractivity contribution in [3.8, 4) is 11.5 Å². The van der Waals surface area contributed by atoms with Crippen molar-refractivity contribution in [3.63, 3.8) is 0 Å². The molecule has 4 rings (SSSR count). The summed E-state index contributed by atoms with van der Waals surface area (Å²) in [7, 11) is 0. The number of ether oxygens (including phenoxy) is 2. The molecule has 0 N–H and O–H groups in total. The van der Waals surface area contributed by atoms with Crippen molar-refractivity contribution in [1.82, 2.24) is 4.90 Å². The number of likely N-dealkylation sites (tertiary alicyclic amines) is 1. The van der Waals surface area contributed by atoms with E-state index in [4.69, 9.17) is 21.1 Å². The summed E-state index contributed by atoms with van der Waals surface area (Å²) in [6, 6.07) is 10.9. The second-order valence-electron chi connectivity index (χ2n) is 9.01. The summed E-state index contributed by atoms with van der Waals surface area (Å²) < 4.78 is 12.1. The van der Waals surface area contributed by atoms with Gasteiger partial charge in [0.2, 0.25) is 0 Å². The third-order valence-electron chi connectivity index (χ3n) is 5.97. The summed E-state index contributed by atoms with van der Waals surface area (Å²) in [4.78, 5) is 27.7. The zero-order valence-corrected chi connectivity index (χ0v) is 19.0.